The maximum absolute atomic E-state index is 11.4. The van der Waals surface area contributed by atoms with E-state index < -0.39 is 0 Å². The number of rotatable bonds is 4. The van der Waals surface area contributed by atoms with E-state index in [9.17, 15) is 4.79 Å². The van der Waals surface area contributed by atoms with Gasteiger partial charge in [0.25, 0.3) is 0 Å². The fourth-order valence-electron chi connectivity index (χ4n) is 1.65. The molecule has 16 heavy (non-hydrogen) atoms. The first-order chi connectivity index (χ1) is 7.77. The lowest BCUT2D eigenvalue weighted by Crippen LogP contribution is -2.09. The lowest BCUT2D eigenvalue weighted by Gasteiger charge is -2.10. The van der Waals surface area contributed by atoms with Crippen molar-refractivity contribution in [3.05, 3.63) is 60.1 Å². The predicted octanol–water partition coefficient (Wildman–Crippen LogP) is 3.37. The summed E-state index contributed by atoms with van der Waals surface area (Å²) in [5, 5.41) is -0.356. The summed E-state index contributed by atoms with van der Waals surface area (Å²) in [7, 11) is 0. The fourth-order valence-corrected chi connectivity index (χ4v) is 1.86. The van der Waals surface area contributed by atoms with Crippen LogP contribution in [0.3, 0.4) is 0 Å². The highest BCUT2D eigenvalue weighted by molar-refractivity contribution is 6.64. The molecule has 0 radical (unpaired) electrons. The summed E-state index contributed by atoms with van der Waals surface area (Å²) < 4.78 is 4.97. The van der Waals surface area contributed by atoms with Gasteiger partial charge in [-0.3, -0.25) is 4.79 Å². The van der Waals surface area contributed by atoms with Gasteiger partial charge in [0.05, 0.1) is 18.4 Å². The highest BCUT2D eigenvalue weighted by Crippen LogP contribution is 2.23. The molecule has 0 aliphatic carbocycles. The third-order valence-electron chi connectivity index (χ3n) is 2.50. The molecule has 1 aromatic heterocycles. The van der Waals surface area contributed by atoms with Crippen molar-refractivity contribution >= 4 is 16.8 Å². The van der Waals surface area contributed by atoms with Crippen LogP contribution in [0.4, 0.5) is 0 Å². The molecule has 0 fully saturated rings. The Bertz CT molecular complexity index is 448. The number of hydrogen-bond donors (Lipinski definition) is 0. The van der Waals surface area contributed by atoms with Gasteiger partial charge in [0.1, 0.15) is 0 Å². The van der Waals surface area contributed by atoms with Gasteiger partial charge in [0.15, 0.2) is 0 Å². The Kier molecular flexibility index (Phi) is 3.42. The van der Waals surface area contributed by atoms with Gasteiger partial charge in [-0.25, -0.2) is 0 Å². The quantitative estimate of drug-likeness (QED) is 0.760. The van der Waals surface area contributed by atoms with Crippen LogP contribution in [-0.2, 0) is 11.2 Å². The summed E-state index contributed by atoms with van der Waals surface area (Å²) in [5.74, 6) is -0.331. The fraction of sp³-hybridized carbons (Fsp3) is 0.154. The molecule has 0 aliphatic rings. The molecule has 2 nitrogen and oxygen atoms in total. The molecule has 0 N–H and O–H groups in total. The van der Waals surface area contributed by atoms with Crippen molar-refractivity contribution in [3.63, 3.8) is 0 Å². The van der Waals surface area contributed by atoms with Crippen molar-refractivity contribution in [2.45, 2.75) is 12.3 Å². The molecule has 0 saturated heterocycles. The zero-order chi connectivity index (χ0) is 11.4. The molecule has 1 heterocycles. The Balaban J connectivity index is 2.19. The summed E-state index contributed by atoms with van der Waals surface area (Å²) in [4.78, 5) is 11.4. The van der Waals surface area contributed by atoms with E-state index in [1.165, 1.54) is 0 Å². The number of carbonyl (C=O) groups excluding carboxylic acids is 1. The van der Waals surface area contributed by atoms with Crippen molar-refractivity contribution in [3.8, 4) is 0 Å². The van der Waals surface area contributed by atoms with Gasteiger partial charge in [0, 0.05) is 5.56 Å². The van der Waals surface area contributed by atoms with E-state index >= 15 is 0 Å². The van der Waals surface area contributed by atoms with Crippen LogP contribution in [0.2, 0.25) is 0 Å². The highest BCUT2D eigenvalue weighted by Gasteiger charge is 2.20. The van der Waals surface area contributed by atoms with Gasteiger partial charge in [-0.05, 0) is 29.7 Å². The van der Waals surface area contributed by atoms with Crippen LogP contribution >= 0.6 is 11.6 Å². The smallest absolute Gasteiger partial charge is 0.229 e. The minimum atomic E-state index is -0.356. The largest absolute Gasteiger partial charge is 0.472 e. The highest BCUT2D eigenvalue weighted by atomic mass is 35.5. The maximum Gasteiger partial charge on any atom is 0.229 e. The molecule has 1 atom stereocenters. The average Bonchev–Trinajstić information content (AvgIpc) is 2.80. The van der Waals surface area contributed by atoms with Crippen LogP contribution in [0.25, 0.3) is 0 Å². The van der Waals surface area contributed by atoms with Gasteiger partial charge >= 0.3 is 0 Å². The summed E-state index contributed by atoms with van der Waals surface area (Å²) in [6.07, 6.45) is 3.71. The van der Waals surface area contributed by atoms with Crippen molar-refractivity contribution in [1.29, 1.82) is 0 Å². The molecule has 0 spiro atoms. The van der Waals surface area contributed by atoms with E-state index in [-0.39, 0.29) is 11.2 Å². The number of furan rings is 1. The third kappa shape index (κ3) is 2.52. The minimum absolute atomic E-state index is 0.331. The Morgan fingerprint density at radius 3 is 2.56 bits per heavy atom. The first kappa shape index (κ1) is 11.0. The van der Waals surface area contributed by atoms with Crippen LogP contribution in [0.15, 0.2) is 53.3 Å². The number of benzene rings is 1. The van der Waals surface area contributed by atoms with Crippen molar-refractivity contribution in [2.24, 2.45) is 0 Å². The molecule has 0 amide bonds. The second-order valence-electron chi connectivity index (χ2n) is 3.60. The van der Waals surface area contributed by atoms with Gasteiger partial charge in [-0.2, -0.15) is 0 Å². The Hall–Kier alpha value is -1.54. The molecule has 0 saturated carbocycles. The second-order valence-corrected chi connectivity index (χ2v) is 3.98. The van der Waals surface area contributed by atoms with Crippen LogP contribution in [0.1, 0.15) is 17.0 Å². The van der Waals surface area contributed by atoms with Crippen molar-refractivity contribution < 1.29 is 9.21 Å². The standard InChI is InChI=1S/C13H11ClO2/c14-13(15)12(11-6-7-16-9-11)8-10-4-2-1-3-5-10/h1-7,9,12H,8H2/t12-/m1/s1. The van der Waals surface area contributed by atoms with Crippen LogP contribution in [-0.4, -0.2) is 5.24 Å². The van der Waals surface area contributed by atoms with E-state index in [2.05, 4.69) is 0 Å². The molecular formula is C13H11ClO2. The first-order valence-electron chi connectivity index (χ1n) is 5.03. The summed E-state index contributed by atoms with van der Waals surface area (Å²) in [6, 6.07) is 11.6. The van der Waals surface area contributed by atoms with Gasteiger partial charge in [-0.1, -0.05) is 30.3 Å². The maximum atomic E-state index is 11.4. The molecule has 1 aromatic carbocycles. The van der Waals surface area contributed by atoms with Gasteiger partial charge < -0.3 is 4.42 Å². The Labute approximate surface area is 98.8 Å². The Morgan fingerprint density at radius 1 is 1.25 bits per heavy atom. The zero-order valence-corrected chi connectivity index (χ0v) is 9.35. The zero-order valence-electron chi connectivity index (χ0n) is 8.60. The van der Waals surface area contributed by atoms with E-state index in [1.54, 1.807) is 18.6 Å². The van der Waals surface area contributed by atoms with Crippen LogP contribution in [0.5, 0.6) is 0 Å². The van der Waals surface area contributed by atoms with Crippen LogP contribution < -0.4 is 0 Å². The Morgan fingerprint density at radius 2 is 2.00 bits per heavy atom. The summed E-state index contributed by atoms with van der Waals surface area (Å²) >= 11 is 5.60. The molecule has 0 aliphatic heterocycles. The topological polar surface area (TPSA) is 30.2 Å². The molecule has 3 heteroatoms. The monoisotopic (exact) mass is 234 g/mol. The lowest BCUT2D eigenvalue weighted by molar-refractivity contribution is -0.113. The lowest BCUT2D eigenvalue weighted by atomic mass is 9.95. The third-order valence-corrected chi connectivity index (χ3v) is 2.77. The number of carbonyl (C=O) groups is 1. The molecular weight excluding hydrogens is 224 g/mol. The van der Waals surface area contributed by atoms with Crippen LogP contribution in [0, 0.1) is 0 Å². The van der Waals surface area contributed by atoms with E-state index in [0.29, 0.717) is 6.42 Å². The number of hydrogen-bond acceptors (Lipinski definition) is 2. The SMILES string of the molecule is O=C(Cl)[C@H](Cc1ccccc1)c1ccoc1. The predicted molar refractivity (Wildman–Crippen MR) is 62.5 cm³/mol. The van der Waals surface area contributed by atoms with Crippen molar-refractivity contribution in [2.75, 3.05) is 0 Å². The molecule has 2 rings (SSSR count). The van der Waals surface area contributed by atoms with E-state index in [0.717, 1.165) is 11.1 Å². The van der Waals surface area contributed by atoms with Gasteiger partial charge in [-0.15, -0.1) is 0 Å². The summed E-state index contributed by atoms with van der Waals surface area (Å²) in [6.45, 7) is 0. The first-order valence-corrected chi connectivity index (χ1v) is 5.40. The second kappa shape index (κ2) is 4.99. The molecule has 0 bridgehead atoms. The normalized spacial score (nSPS) is 12.3. The van der Waals surface area contributed by atoms with E-state index in [4.69, 9.17) is 16.0 Å². The van der Waals surface area contributed by atoms with E-state index in [1.807, 2.05) is 30.3 Å². The number of halogens is 1. The molecule has 0 unspecified atom stereocenters. The summed E-state index contributed by atoms with van der Waals surface area (Å²) in [5.41, 5.74) is 1.91. The average molecular weight is 235 g/mol. The molecule has 2 aromatic rings. The van der Waals surface area contributed by atoms with Crippen molar-refractivity contribution in [1.82, 2.24) is 0 Å². The minimum Gasteiger partial charge on any atom is -0.472 e. The molecule has 82 valence electrons. The van der Waals surface area contributed by atoms with Gasteiger partial charge in [0.2, 0.25) is 5.24 Å².